The van der Waals surface area contributed by atoms with E-state index in [0.29, 0.717) is 29.4 Å². The summed E-state index contributed by atoms with van der Waals surface area (Å²) < 4.78 is 0. The number of aryl methyl sites for hydroxylation is 2. The Labute approximate surface area is 259 Å². The molecule has 2 aromatic heterocycles. The van der Waals surface area contributed by atoms with Crippen molar-refractivity contribution in [2.45, 2.75) is 59.3 Å². The normalized spacial score (nSPS) is 14.7. The quantitative estimate of drug-likeness (QED) is 0.159. The van der Waals surface area contributed by atoms with Gasteiger partial charge in [-0.25, -0.2) is 0 Å². The molecule has 10 nitrogen and oxygen atoms in total. The van der Waals surface area contributed by atoms with Crippen molar-refractivity contribution in [3.63, 3.8) is 0 Å². The molecular formula is C32H44N8O2S. The van der Waals surface area contributed by atoms with Gasteiger partial charge in [-0.3, -0.25) is 9.59 Å². The number of hydrogen-bond acceptors (Lipinski definition) is 9. The number of aromatic nitrogens is 4. The van der Waals surface area contributed by atoms with Crippen LogP contribution in [0.15, 0.2) is 72.0 Å². The summed E-state index contributed by atoms with van der Waals surface area (Å²) in [6.45, 7) is 17.2. The Bertz CT molecular complexity index is 1350. The lowest BCUT2D eigenvalue weighted by Gasteiger charge is -2.32. The third-order valence-electron chi connectivity index (χ3n) is 6.92. The number of amides is 2. The van der Waals surface area contributed by atoms with Gasteiger partial charge in [0.15, 0.2) is 5.82 Å². The van der Waals surface area contributed by atoms with Gasteiger partial charge in [0.1, 0.15) is 5.01 Å². The number of unbranched alkanes of at least 4 members (excludes halogenated alkanes) is 1. The number of piperazine rings is 1. The van der Waals surface area contributed by atoms with Crippen molar-refractivity contribution in [2.24, 2.45) is 0 Å². The van der Waals surface area contributed by atoms with Crippen LogP contribution in [-0.2, 0) is 22.4 Å². The van der Waals surface area contributed by atoms with E-state index in [1.807, 2.05) is 56.0 Å². The van der Waals surface area contributed by atoms with Crippen LogP contribution in [0.25, 0.3) is 0 Å². The molecule has 0 atom stereocenters. The highest BCUT2D eigenvalue weighted by molar-refractivity contribution is 7.15. The maximum atomic E-state index is 12.7. The zero-order valence-electron chi connectivity index (χ0n) is 25.9. The Hall–Kier alpha value is -3.96. The summed E-state index contributed by atoms with van der Waals surface area (Å²) in [5.74, 6) is 0.399. The maximum Gasteiger partial charge on any atom is 0.249 e. The van der Waals surface area contributed by atoms with E-state index in [1.165, 1.54) is 11.3 Å². The number of anilines is 2. The number of nitrogens with zero attached hydrogens (tertiary/aromatic N) is 6. The summed E-state index contributed by atoms with van der Waals surface area (Å²) in [7, 11) is 2.07. The van der Waals surface area contributed by atoms with Crippen LogP contribution < -0.4 is 10.6 Å². The number of hydrogen-bond donors (Lipinski definition) is 2. The first kappa shape index (κ1) is 33.5. The van der Waals surface area contributed by atoms with E-state index in [0.717, 1.165) is 79.4 Å². The van der Waals surface area contributed by atoms with E-state index in [-0.39, 0.29) is 11.8 Å². The predicted octanol–water partition coefficient (Wildman–Crippen LogP) is 5.34. The molecule has 1 saturated heterocycles. The molecule has 1 aliphatic heterocycles. The van der Waals surface area contributed by atoms with Gasteiger partial charge in [-0.05, 0) is 70.4 Å². The van der Waals surface area contributed by atoms with Crippen molar-refractivity contribution < 1.29 is 9.59 Å². The molecule has 1 aliphatic rings. The number of allylic oxidation sites excluding steroid dienone is 5. The van der Waals surface area contributed by atoms with Crippen LogP contribution >= 0.6 is 11.3 Å². The minimum atomic E-state index is -0.118. The lowest BCUT2D eigenvalue weighted by Crippen LogP contribution is -2.47. The zero-order chi connectivity index (χ0) is 31.2. The zero-order valence-corrected chi connectivity index (χ0v) is 26.7. The molecule has 0 bridgehead atoms. The number of carbonyl (C=O) groups is 2. The fraction of sp³-hybridized carbons (Fsp3) is 0.438. The summed E-state index contributed by atoms with van der Waals surface area (Å²) in [6.07, 6.45) is 11.9. The van der Waals surface area contributed by atoms with Gasteiger partial charge in [-0.1, -0.05) is 48.8 Å². The van der Waals surface area contributed by atoms with Gasteiger partial charge >= 0.3 is 0 Å². The van der Waals surface area contributed by atoms with Gasteiger partial charge in [-0.15, -0.1) is 15.3 Å². The number of carbonyl (C=O) groups excluding carboxylic acids is 2. The van der Waals surface area contributed by atoms with Gasteiger partial charge < -0.3 is 20.4 Å². The van der Waals surface area contributed by atoms with E-state index in [2.05, 4.69) is 56.1 Å². The highest BCUT2D eigenvalue weighted by Crippen LogP contribution is 2.21. The molecule has 0 spiro atoms. The molecule has 2 amide bonds. The molecule has 0 unspecified atom stereocenters. The summed E-state index contributed by atoms with van der Waals surface area (Å²) in [4.78, 5) is 29.1. The average Bonchev–Trinajstić information content (AvgIpc) is 3.42. The minimum absolute atomic E-state index is 0.0636. The molecule has 3 rings (SSSR count). The van der Waals surface area contributed by atoms with E-state index in [4.69, 9.17) is 0 Å². The second-order valence-electron chi connectivity index (χ2n) is 10.7. The van der Waals surface area contributed by atoms with Crippen LogP contribution in [0.5, 0.6) is 0 Å². The molecule has 230 valence electrons. The summed E-state index contributed by atoms with van der Waals surface area (Å²) in [5, 5.41) is 24.6. The fourth-order valence-electron chi connectivity index (χ4n) is 4.54. The van der Waals surface area contributed by atoms with Gasteiger partial charge in [-0.2, -0.15) is 5.10 Å². The fourth-order valence-corrected chi connectivity index (χ4v) is 5.37. The van der Waals surface area contributed by atoms with Gasteiger partial charge in [0, 0.05) is 50.3 Å². The smallest absolute Gasteiger partial charge is 0.249 e. The van der Waals surface area contributed by atoms with E-state index in [1.54, 1.807) is 6.07 Å². The molecule has 3 heterocycles. The van der Waals surface area contributed by atoms with Crippen LogP contribution in [-0.4, -0.2) is 75.2 Å². The standard InChI is InChI=1S/C32H44N8O2S/c1-7-11-26(8-2)22-29(41)34-28-15-14-27(35-36-28)12-9-10-13-30-37-38-32(43-30)33-25(5)21-23(3)20-24(4)31(42)40-18-16-39(6)17-19-40/h7-8,11,14-15,20H,3,5,9-10,12-13,16-19,21-22H2,1-2,4,6H3,(H,33,38)(H,34,36,41)/b11-7-,24-20+,26-8+. The lowest BCUT2D eigenvalue weighted by atomic mass is 10.1. The summed E-state index contributed by atoms with van der Waals surface area (Å²) in [6, 6.07) is 3.69. The van der Waals surface area contributed by atoms with Crippen LogP contribution in [0.2, 0.25) is 0 Å². The molecule has 11 heteroatoms. The molecule has 0 aliphatic carbocycles. The summed E-state index contributed by atoms with van der Waals surface area (Å²) in [5.41, 5.74) is 4.09. The Morgan fingerprint density at radius 2 is 1.72 bits per heavy atom. The van der Waals surface area contributed by atoms with Crippen molar-refractivity contribution in [3.8, 4) is 0 Å². The van der Waals surface area contributed by atoms with Crippen molar-refractivity contribution >= 4 is 34.1 Å². The lowest BCUT2D eigenvalue weighted by molar-refractivity contribution is -0.128. The number of rotatable bonds is 15. The molecule has 0 radical (unpaired) electrons. The molecule has 1 fully saturated rings. The van der Waals surface area contributed by atoms with Crippen molar-refractivity contribution in [1.82, 2.24) is 30.2 Å². The van der Waals surface area contributed by atoms with Crippen molar-refractivity contribution in [3.05, 3.63) is 82.7 Å². The van der Waals surface area contributed by atoms with Crippen molar-refractivity contribution in [2.75, 3.05) is 43.9 Å². The molecule has 0 saturated carbocycles. The largest absolute Gasteiger partial charge is 0.336 e. The first-order chi connectivity index (χ1) is 20.7. The molecule has 2 N–H and O–H groups in total. The van der Waals surface area contributed by atoms with Crippen LogP contribution in [0.1, 0.15) is 57.2 Å². The number of nitrogens with one attached hydrogen (secondary N) is 2. The highest BCUT2D eigenvalue weighted by Gasteiger charge is 2.20. The third-order valence-corrected chi connectivity index (χ3v) is 7.81. The Kier molecular flexibility index (Phi) is 13.4. The Balaban J connectivity index is 1.35. The van der Waals surface area contributed by atoms with Gasteiger partial charge in [0.2, 0.25) is 16.9 Å². The third kappa shape index (κ3) is 11.7. The van der Waals surface area contributed by atoms with E-state index >= 15 is 0 Å². The van der Waals surface area contributed by atoms with Crippen LogP contribution in [0, 0.1) is 0 Å². The van der Waals surface area contributed by atoms with E-state index < -0.39 is 0 Å². The maximum absolute atomic E-state index is 12.7. The second-order valence-corrected chi connectivity index (χ2v) is 11.8. The molecular weight excluding hydrogens is 560 g/mol. The highest BCUT2D eigenvalue weighted by atomic mass is 32.1. The van der Waals surface area contributed by atoms with E-state index in [9.17, 15) is 9.59 Å². The van der Waals surface area contributed by atoms with Crippen LogP contribution in [0.4, 0.5) is 10.9 Å². The first-order valence-electron chi connectivity index (χ1n) is 14.7. The second kappa shape index (κ2) is 17.2. The topological polar surface area (TPSA) is 116 Å². The molecule has 2 aromatic rings. The minimum Gasteiger partial charge on any atom is -0.336 e. The Morgan fingerprint density at radius 1 is 0.977 bits per heavy atom. The number of likely N-dealkylation sites (N-methyl/N-ethyl adjacent to an activating group) is 1. The van der Waals surface area contributed by atoms with Gasteiger partial charge in [0.05, 0.1) is 12.1 Å². The monoisotopic (exact) mass is 604 g/mol. The van der Waals surface area contributed by atoms with Crippen molar-refractivity contribution in [1.29, 1.82) is 0 Å². The molecule has 0 aromatic carbocycles. The predicted molar refractivity (Wildman–Crippen MR) is 175 cm³/mol. The average molecular weight is 605 g/mol. The van der Waals surface area contributed by atoms with Gasteiger partial charge in [0.25, 0.3) is 0 Å². The SMILES string of the molecule is C=C(/C=C(\C)C(=O)N1CCN(C)CC1)CC(=C)Nc1nnc(CCCCc2ccc(NC(=O)CC(/C=C\C)=C/C)nn2)s1. The first-order valence-corrected chi connectivity index (χ1v) is 15.5. The summed E-state index contributed by atoms with van der Waals surface area (Å²) >= 11 is 1.51. The van der Waals surface area contributed by atoms with Crippen LogP contribution in [0.3, 0.4) is 0 Å². The molecule has 43 heavy (non-hydrogen) atoms. The Morgan fingerprint density at radius 3 is 2.40 bits per heavy atom.